The Bertz CT molecular complexity index is 927. The van der Waals surface area contributed by atoms with Gasteiger partial charge in [-0.3, -0.25) is 4.79 Å². The predicted octanol–water partition coefficient (Wildman–Crippen LogP) is 4.54. The van der Waals surface area contributed by atoms with Crippen LogP contribution in [0, 0.1) is 12.7 Å². The van der Waals surface area contributed by atoms with Gasteiger partial charge in [-0.1, -0.05) is 41.6 Å². The van der Waals surface area contributed by atoms with Crippen LogP contribution in [-0.2, 0) is 4.79 Å². The number of nitrogens with zero attached hydrogens (tertiary/aromatic N) is 2. The Morgan fingerprint density at radius 1 is 1.15 bits per heavy atom. The van der Waals surface area contributed by atoms with Gasteiger partial charge in [-0.2, -0.15) is 0 Å². The van der Waals surface area contributed by atoms with Gasteiger partial charge >= 0.3 is 0 Å². The molecule has 5 nitrogen and oxygen atoms in total. The summed E-state index contributed by atoms with van der Waals surface area (Å²) in [6.45, 7) is 5.61. The highest BCUT2D eigenvalue weighted by Crippen LogP contribution is 2.27. The number of halogens is 1. The van der Waals surface area contributed by atoms with Crippen molar-refractivity contribution in [2.24, 2.45) is 0 Å². The zero-order valence-corrected chi connectivity index (χ0v) is 16.1. The summed E-state index contributed by atoms with van der Waals surface area (Å²) in [7, 11) is 0. The number of aromatic nitrogens is 2. The Morgan fingerprint density at radius 2 is 1.89 bits per heavy atom. The second kappa shape index (κ2) is 8.35. The molecule has 0 fully saturated rings. The Labute approximate surface area is 161 Å². The minimum atomic E-state index is -0.418. The molecule has 1 N–H and O–H groups in total. The summed E-state index contributed by atoms with van der Waals surface area (Å²) in [4.78, 5) is 12.4. The molecule has 7 heteroatoms. The minimum Gasteiger partial charge on any atom is -0.411 e. The zero-order chi connectivity index (χ0) is 19.4. The van der Waals surface area contributed by atoms with Crippen LogP contribution in [0.1, 0.15) is 31.0 Å². The molecule has 140 valence electrons. The molecule has 1 amide bonds. The number of hydrogen-bond donors (Lipinski definition) is 1. The maximum atomic E-state index is 13.0. The van der Waals surface area contributed by atoms with Crippen molar-refractivity contribution >= 4 is 17.7 Å². The maximum absolute atomic E-state index is 13.0. The van der Waals surface area contributed by atoms with Gasteiger partial charge in [0.25, 0.3) is 5.22 Å². The minimum absolute atomic E-state index is 0.160. The van der Waals surface area contributed by atoms with E-state index in [1.807, 2.05) is 38.1 Å². The monoisotopic (exact) mass is 385 g/mol. The number of benzene rings is 2. The number of aryl methyl sites for hydroxylation is 1. The number of amides is 1. The van der Waals surface area contributed by atoms with Gasteiger partial charge in [-0.15, -0.1) is 10.2 Å². The summed E-state index contributed by atoms with van der Waals surface area (Å²) in [5.74, 6) is -0.0392. The normalized spacial score (nSPS) is 13.2. The number of thioether (sulfide) groups is 1. The molecule has 2 unspecified atom stereocenters. The van der Waals surface area contributed by atoms with Crippen molar-refractivity contribution in [3.05, 3.63) is 65.5 Å². The first-order valence-electron chi connectivity index (χ1n) is 8.55. The molecular formula is C20H20FN3O2S. The molecule has 1 heterocycles. The van der Waals surface area contributed by atoms with Gasteiger partial charge in [0.2, 0.25) is 11.8 Å². The fourth-order valence-electron chi connectivity index (χ4n) is 2.52. The lowest BCUT2D eigenvalue weighted by Crippen LogP contribution is -2.33. The summed E-state index contributed by atoms with van der Waals surface area (Å²) >= 11 is 1.20. The molecule has 0 saturated heterocycles. The van der Waals surface area contributed by atoms with Crippen LogP contribution in [0.5, 0.6) is 0 Å². The molecule has 2 aromatic carbocycles. The lowest BCUT2D eigenvalue weighted by Gasteiger charge is -2.16. The van der Waals surface area contributed by atoms with Gasteiger partial charge in [-0.05, 0) is 50.6 Å². The summed E-state index contributed by atoms with van der Waals surface area (Å²) in [5, 5.41) is 10.9. The molecule has 0 bridgehead atoms. The van der Waals surface area contributed by atoms with Crippen LogP contribution in [-0.4, -0.2) is 21.4 Å². The summed E-state index contributed by atoms with van der Waals surface area (Å²) in [6, 6.07) is 13.6. The summed E-state index contributed by atoms with van der Waals surface area (Å²) in [5.41, 5.74) is 2.78. The molecule has 3 rings (SSSR count). The second-order valence-corrected chi connectivity index (χ2v) is 7.58. The molecule has 0 spiro atoms. The average molecular weight is 385 g/mol. The van der Waals surface area contributed by atoms with Gasteiger partial charge in [0.1, 0.15) is 5.82 Å². The number of nitrogens with one attached hydrogen (secondary N) is 1. The first-order chi connectivity index (χ1) is 12.9. The third-order valence-electron chi connectivity index (χ3n) is 4.05. The van der Waals surface area contributed by atoms with Crippen LogP contribution in [0.4, 0.5) is 4.39 Å². The Morgan fingerprint density at radius 3 is 2.59 bits per heavy atom. The van der Waals surface area contributed by atoms with Gasteiger partial charge < -0.3 is 9.73 Å². The van der Waals surface area contributed by atoms with E-state index in [0.717, 1.165) is 16.7 Å². The predicted molar refractivity (Wildman–Crippen MR) is 103 cm³/mol. The molecule has 27 heavy (non-hydrogen) atoms. The van der Waals surface area contributed by atoms with E-state index in [2.05, 4.69) is 15.5 Å². The molecule has 2 atom stereocenters. The van der Waals surface area contributed by atoms with Crippen molar-refractivity contribution in [2.75, 3.05) is 0 Å². The first kappa shape index (κ1) is 19.1. The van der Waals surface area contributed by atoms with E-state index in [1.54, 1.807) is 19.1 Å². The van der Waals surface area contributed by atoms with Crippen LogP contribution >= 0.6 is 11.8 Å². The standard InChI is InChI=1S/C20H20FN3O2S/c1-12-5-4-6-16(11-12)19-23-24-20(26-19)27-14(3)18(25)22-13(2)15-7-9-17(21)10-8-15/h4-11,13-14H,1-3H3,(H,22,25). The average Bonchev–Trinajstić information content (AvgIpc) is 3.10. The Balaban J connectivity index is 1.60. The molecule has 0 radical (unpaired) electrons. The molecule has 3 aromatic rings. The van der Waals surface area contributed by atoms with E-state index in [9.17, 15) is 9.18 Å². The van der Waals surface area contributed by atoms with E-state index in [4.69, 9.17) is 4.42 Å². The summed E-state index contributed by atoms with van der Waals surface area (Å²) < 4.78 is 18.7. The molecule has 0 aliphatic heterocycles. The molecule has 0 saturated carbocycles. The van der Waals surface area contributed by atoms with Crippen LogP contribution in [0.3, 0.4) is 0 Å². The fourth-order valence-corrected chi connectivity index (χ4v) is 3.21. The fraction of sp³-hybridized carbons (Fsp3) is 0.250. The van der Waals surface area contributed by atoms with E-state index < -0.39 is 5.25 Å². The van der Waals surface area contributed by atoms with Crippen molar-refractivity contribution in [3.8, 4) is 11.5 Å². The summed E-state index contributed by atoms with van der Waals surface area (Å²) in [6.07, 6.45) is 0. The van der Waals surface area contributed by atoms with Gasteiger partial charge in [-0.25, -0.2) is 4.39 Å². The third-order valence-corrected chi connectivity index (χ3v) is 4.98. The van der Waals surface area contributed by atoms with Crippen LogP contribution < -0.4 is 5.32 Å². The SMILES string of the molecule is Cc1cccc(-c2nnc(SC(C)C(=O)NC(C)c3ccc(F)cc3)o2)c1. The number of carbonyl (C=O) groups is 1. The van der Waals surface area contributed by atoms with Crippen molar-refractivity contribution in [2.45, 2.75) is 37.3 Å². The van der Waals surface area contributed by atoms with Crippen molar-refractivity contribution in [1.29, 1.82) is 0 Å². The Kier molecular flexibility index (Phi) is 5.91. The second-order valence-electron chi connectivity index (χ2n) is 6.28. The maximum Gasteiger partial charge on any atom is 0.277 e. The smallest absolute Gasteiger partial charge is 0.277 e. The van der Waals surface area contributed by atoms with Crippen molar-refractivity contribution in [3.63, 3.8) is 0 Å². The first-order valence-corrected chi connectivity index (χ1v) is 9.43. The Hall–Kier alpha value is -2.67. The number of hydrogen-bond acceptors (Lipinski definition) is 5. The molecule has 0 aliphatic carbocycles. The molecule has 1 aromatic heterocycles. The van der Waals surface area contributed by atoms with Crippen LogP contribution in [0.2, 0.25) is 0 Å². The lowest BCUT2D eigenvalue weighted by atomic mass is 10.1. The van der Waals surface area contributed by atoms with Crippen LogP contribution in [0.15, 0.2) is 58.2 Å². The van der Waals surface area contributed by atoms with Gasteiger partial charge in [0, 0.05) is 5.56 Å². The van der Waals surface area contributed by atoms with E-state index in [1.165, 1.54) is 23.9 Å². The van der Waals surface area contributed by atoms with E-state index in [-0.39, 0.29) is 17.8 Å². The van der Waals surface area contributed by atoms with E-state index in [0.29, 0.717) is 11.1 Å². The highest BCUT2D eigenvalue weighted by Gasteiger charge is 2.20. The third kappa shape index (κ3) is 4.95. The topological polar surface area (TPSA) is 68.0 Å². The zero-order valence-electron chi connectivity index (χ0n) is 15.3. The highest BCUT2D eigenvalue weighted by atomic mass is 32.2. The van der Waals surface area contributed by atoms with Crippen molar-refractivity contribution < 1.29 is 13.6 Å². The number of carbonyl (C=O) groups excluding carboxylic acids is 1. The van der Waals surface area contributed by atoms with E-state index >= 15 is 0 Å². The molecule has 0 aliphatic rings. The van der Waals surface area contributed by atoms with Crippen LogP contribution in [0.25, 0.3) is 11.5 Å². The lowest BCUT2D eigenvalue weighted by molar-refractivity contribution is -0.120. The van der Waals surface area contributed by atoms with Gasteiger partial charge in [0.05, 0.1) is 11.3 Å². The number of rotatable bonds is 6. The molecular weight excluding hydrogens is 365 g/mol. The van der Waals surface area contributed by atoms with Crippen molar-refractivity contribution in [1.82, 2.24) is 15.5 Å². The highest BCUT2D eigenvalue weighted by molar-refractivity contribution is 8.00. The largest absolute Gasteiger partial charge is 0.411 e. The quantitative estimate of drug-likeness (QED) is 0.631. The van der Waals surface area contributed by atoms with Gasteiger partial charge in [0.15, 0.2) is 0 Å².